The molecule has 1 saturated heterocycles. The molecule has 2 rings (SSSR count). The number of aryl methyl sites for hydroxylation is 1. The average Bonchev–Trinajstić information content (AvgIpc) is 2.58. The first kappa shape index (κ1) is 13.3. The van der Waals surface area contributed by atoms with Gasteiger partial charge in [0, 0.05) is 31.4 Å². The van der Waals surface area contributed by atoms with Crippen molar-refractivity contribution < 1.29 is 9.59 Å². The van der Waals surface area contributed by atoms with Crippen LogP contribution in [0.25, 0.3) is 0 Å². The van der Waals surface area contributed by atoms with Crippen LogP contribution in [0.15, 0.2) is 23.1 Å². The summed E-state index contributed by atoms with van der Waals surface area (Å²) in [6.45, 7) is 0.650. The van der Waals surface area contributed by atoms with Crippen LogP contribution in [0.1, 0.15) is 29.6 Å². The van der Waals surface area contributed by atoms with E-state index in [1.807, 2.05) is 0 Å². The quantitative estimate of drug-likeness (QED) is 0.774. The van der Waals surface area contributed by atoms with Crippen molar-refractivity contribution in [1.29, 1.82) is 0 Å². The minimum Gasteiger partial charge on any atom is -0.354 e. The van der Waals surface area contributed by atoms with Gasteiger partial charge in [-0.3, -0.25) is 14.4 Å². The fourth-order valence-electron chi connectivity index (χ4n) is 2.01. The minimum atomic E-state index is -0.515. The first-order valence-corrected chi connectivity index (χ1v) is 6.33. The maximum atomic E-state index is 12.0. The van der Waals surface area contributed by atoms with Gasteiger partial charge in [-0.05, 0) is 25.3 Å². The summed E-state index contributed by atoms with van der Waals surface area (Å²) in [5, 5.41) is 5.42. The molecular weight excluding hydrogens is 246 g/mol. The third-order valence-corrected chi connectivity index (χ3v) is 3.21. The Labute approximate surface area is 110 Å². The Morgan fingerprint density at radius 1 is 1.42 bits per heavy atom. The molecule has 2 heterocycles. The highest BCUT2D eigenvalue weighted by molar-refractivity contribution is 5.97. The molecule has 1 aliphatic heterocycles. The second-order valence-corrected chi connectivity index (χ2v) is 4.68. The molecule has 2 N–H and O–H groups in total. The molecule has 2 amide bonds. The van der Waals surface area contributed by atoms with Crippen LogP contribution in [-0.4, -0.2) is 29.0 Å². The molecule has 0 spiro atoms. The van der Waals surface area contributed by atoms with Crippen molar-refractivity contribution in [2.45, 2.75) is 25.3 Å². The molecule has 19 heavy (non-hydrogen) atoms. The van der Waals surface area contributed by atoms with E-state index in [4.69, 9.17) is 0 Å². The van der Waals surface area contributed by atoms with Crippen molar-refractivity contribution in [1.82, 2.24) is 15.2 Å². The fourth-order valence-corrected chi connectivity index (χ4v) is 2.01. The van der Waals surface area contributed by atoms with E-state index in [-0.39, 0.29) is 22.9 Å². The lowest BCUT2D eigenvalue weighted by molar-refractivity contribution is -0.122. The van der Waals surface area contributed by atoms with Gasteiger partial charge in [0.1, 0.15) is 6.04 Å². The van der Waals surface area contributed by atoms with E-state index < -0.39 is 6.04 Å². The summed E-state index contributed by atoms with van der Waals surface area (Å²) in [5.41, 5.74) is 0.0260. The van der Waals surface area contributed by atoms with E-state index in [0.29, 0.717) is 13.0 Å². The lowest BCUT2D eigenvalue weighted by Crippen LogP contribution is -2.45. The molecular formula is C13H17N3O3. The zero-order valence-electron chi connectivity index (χ0n) is 10.8. The molecule has 0 unspecified atom stereocenters. The predicted molar refractivity (Wildman–Crippen MR) is 69.8 cm³/mol. The van der Waals surface area contributed by atoms with E-state index in [0.717, 1.165) is 12.8 Å². The lowest BCUT2D eigenvalue weighted by atomic mass is 10.1. The van der Waals surface area contributed by atoms with Crippen molar-refractivity contribution in [3.8, 4) is 0 Å². The molecule has 6 heteroatoms. The van der Waals surface area contributed by atoms with E-state index in [1.165, 1.54) is 16.8 Å². The van der Waals surface area contributed by atoms with Gasteiger partial charge >= 0.3 is 0 Å². The van der Waals surface area contributed by atoms with E-state index in [9.17, 15) is 14.4 Å². The van der Waals surface area contributed by atoms with Crippen LogP contribution < -0.4 is 16.2 Å². The first-order valence-electron chi connectivity index (χ1n) is 6.33. The molecule has 1 aromatic heterocycles. The number of nitrogens with one attached hydrogen (secondary N) is 2. The Kier molecular flexibility index (Phi) is 3.99. The molecule has 6 nitrogen and oxygen atoms in total. The Balaban J connectivity index is 2.09. The minimum absolute atomic E-state index is 0.158. The molecule has 1 aromatic rings. The van der Waals surface area contributed by atoms with Crippen molar-refractivity contribution >= 4 is 11.8 Å². The van der Waals surface area contributed by atoms with Gasteiger partial charge in [-0.2, -0.15) is 0 Å². The van der Waals surface area contributed by atoms with Gasteiger partial charge in [-0.25, -0.2) is 0 Å². The highest BCUT2D eigenvalue weighted by Gasteiger charge is 2.22. The smallest absolute Gasteiger partial charge is 0.252 e. The van der Waals surface area contributed by atoms with Crippen LogP contribution >= 0.6 is 0 Å². The fraction of sp³-hybridized carbons (Fsp3) is 0.462. The van der Waals surface area contributed by atoms with Gasteiger partial charge in [-0.15, -0.1) is 0 Å². The third-order valence-electron chi connectivity index (χ3n) is 3.21. The number of aromatic nitrogens is 1. The largest absolute Gasteiger partial charge is 0.354 e. The molecule has 0 bridgehead atoms. The molecule has 1 aliphatic rings. The predicted octanol–water partition coefficient (Wildman–Crippen LogP) is -0.216. The molecule has 0 saturated carbocycles. The van der Waals surface area contributed by atoms with Crippen LogP contribution in [0, 0.1) is 0 Å². The summed E-state index contributed by atoms with van der Waals surface area (Å²) in [6.07, 6.45) is 3.97. The summed E-state index contributed by atoms with van der Waals surface area (Å²) in [5.74, 6) is -0.547. The second kappa shape index (κ2) is 5.69. The van der Waals surface area contributed by atoms with Crippen LogP contribution in [-0.2, 0) is 11.8 Å². The van der Waals surface area contributed by atoms with E-state index in [2.05, 4.69) is 10.6 Å². The van der Waals surface area contributed by atoms with E-state index >= 15 is 0 Å². The molecule has 1 fully saturated rings. The van der Waals surface area contributed by atoms with Crippen LogP contribution in [0.4, 0.5) is 0 Å². The Morgan fingerprint density at radius 2 is 2.21 bits per heavy atom. The number of hydrogen-bond acceptors (Lipinski definition) is 3. The maximum Gasteiger partial charge on any atom is 0.252 e. The molecule has 1 atom stereocenters. The first-order chi connectivity index (χ1) is 9.08. The zero-order chi connectivity index (χ0) is 13.8. The van der Waals surface area contributed by atoms with Crippen molar-refractivity contribution in [2.75, 3.05) is 6.54 Å². The Morgan fingerprint density at radius 3 is 2.95 bits per heavy atom. The molecule has 102 valence electrons. The Hall–Kier alpha value is -2.11. The number of hydrogen-bond donors (Lipinski definition) is 2. The number of pyridine rings is 1. The van der Waals surface area contributed by atoms with Crippen LogP contribution in [0.5, 0.6) is 0 Å². The molecule has 0 aliphatic carbocycles. The highest BCUT2D eigenvalue weighted by Crippen LogP contribution is 2.06. The van der Waals surface area contributed by atoms with Gasteiger partial charge < -0.3 is 15.2 Å². The lowest BCUT2D eigenvalue weighted by Gasteiger charge is -2.15. The summed E-state index contributed by atoms with van der Waals surface area (Å²) < 4.78 is 1.38. The number of carbonyl (C=O) groups is 2. The van der Waals surface area contributed by atoms with Crippen molar-refractivity contribution in [2.24, 2.45) is 7.05 Å². The average molecular weight is 263 g/mol. The summed E-state index contributed by atoms with van der Waals surface area (Å²) in [4.78, 5) is 35.2. The summed E-state index contributed by atoms with van der Waals surface area (Å²) in [6, 6.07) is 2.31. The van der Waals surface area contributed by atoms with Crippen molar-refractivity contribution in [3.63, 3.8) is 0 Å². The van der Waals surface area contributed by atoms with Gasteiger partial charge in [0.05, 0.1) is 0 Å². The number of amides is 2. The Bertz CT molecular complexity index is 550. The third kappa shape index (κ3) is 3.21. The SMILES string of the molecule is Cn1ccc(C(=O)N[C@H]2CCCCNC2=O)cc1=O. The molecule has 0 aromatic carbocycles. The normalized spacial score (nSPS) is 19.4. The van der Waals surface area contributed by atoms with Gasteiger partial charge in [0.25, 0.3) is 11.5 Å². The van der Waals surface area contributed by atoms with E-state index in [1.54, 1.807) is 13.1 Å². The van der Waals surface area contributed by atoms with Gasteiger partial charge in [0.2, 0.25) is 5.91 Å². The standard InChI is InChI=1S/C13H17N3O3/c1-16-7-5-9(8-11(16)17)12(18)15-10-4-2-3-6-14-13(10)19/h5,7-8,10H,2-4,6H2,1H3,(H,14,19)(H,15,18)/t10-/m0/s1. The summed E-state index contributed by atoms with van der Waals surface area (Å²) >= 11 is 0. The van der Waals surface area contributed by atoms with Crippen LogP contribution in [0.2, 0.25) is 0 Å². The zero-order valence-corrected chi connectivity index (χ0v) is 10.8. The topological polar surface area (TPSA) is 80.2 Å². The second-order valence-electron chi connectivity index (χ2n) is 4.68. The number of rotatable bonds is 2. The number of carbonyl (C=O) groups excluding carboxylic acids is 2. The van der Waals surface area contributed by atoms with Gasteiger partial charge in [-0.1, -0.05) is 0 Å². The van der Waals surface area contributed by atoms with Crippen molar-refractivity contribution in [3.05, 3.63) is 34.2 Å². The summed E-state index contributed by atoms with van der Waals surface area (Å²) in [7, 11) is 1.61. The molecule has 0 radical (unpaired) electrons. The number of nitrogens with zero attached hydrogens (tertiary/aromatic N) is 1. The van der Waals surface area contributed by atoms with Gasteiger partial charge in [0.15, 0.2) is 0 Å². The highest BCUT2D eigenvalue weighted by atomic mass is 16.2. The van der Waals surface area contributed by atoms with Crippen LogP contribution in [0.3, 0.4) is 0 Å². The monoisotopic (exact) mass is 263 g/mol. The maximum absolute atomic E-state index is 12.0.